The zero-order valence-corrected chi connectivity index (χ0v) is 17.7. The minimum Gasteiger partial charge on any atom is -0.504 e. The molecule has 0 bridgehead atoms. The Labute approximate surface area is 184 Å². The van der Waals surface area contributed by atoms with Crippen molar-refractivity contribution in [2.75, 3.05) is 19.0 Å². The summed E-state index contributed by atoms with van der Waals surface area (Å²) >= 11 is 0. The van der Waals surface area contributed by atoms with E-state index >= 15 is 0 Å². The zero-order valence-electron chi connectivity index (χ0n) is 17.7. The predicted molar refractivity (Wildman–Crippen MR) is 127 cm³/mol. The number of nitrogens with zero attached hydrogens (tertiary/aromatic N) is 2. The Balaban J connectivity index is 1.73. The number of aromatic hydroxyl groups is 3. The van der Waals surface area contributed by atoms with E-state index in [1.165, 1.54) is 18.3 Å². The number of hydrogen-bond donors (Lipinski definition) is 4. The normalized spacial score (nSPS) is 11.3. The molecule has 0 radical (unpaired) electrons. The summed E-state index contributed by atoms with van der Waals surface area (Å²) in [5.41, 5.74) is 3.68. The maximum absolute atomic E-state index is 12.4. The molecule has 1 aromatic heterocycles. The standard InChI is InChI=1S/C25H23N3O4/c1-28(2)18-7-4-16(5-8-18)17-6-9-19-20(12-17)21(25(32)27-24(19)31)14-26-13-15-3-10-22(29)23(30)11-15/h3-12,14,29-30H,13H2,1-2H3,(H2,27,31,32). The van der Waals surface area contributed by atoms with Crippen LogP contribution in [0.3, 0.4) is 0 Å². The molecule has 7 heteroatoms. The average molecular weight is 429 g/mol. The van der Waals surface area contributed by atoms with Gasteiger partial charge >= 0.3 is 0 Å². The van der Waals surface area contributed by atoms with Gasteiger partial charge in [0.05, 0.1) is 12.1 Å². The third-order valence-corrected chi connectivity index (χ3v) is 5.29. The molecule has 0 aliphatic carbocycles. The van der Waals surface area contributed by atoms with Crippen molar-refractivity contribution in [3.8, 4) is 28.5 Å². The van der Waals surface area contributed by atoms with E-state index in [2.05, 4.69) is 9.98 Å². The minimum atomic E-state index is -0.382. The van der Waals surface area contributed by atoms with Gasteiger partial charge in [0, 0.05) is 36.8 Å². The molecule has 0 atom stereocenters. The van der Waals surface area contributed by atoms with Crippen molar-refractivity contribution in [1.82, 2.24) is 4.98 Å². The molecular weight excluding hydrogens is 406 g/mol. The lowest BCUT2D eigenvalue weighted by atomic mass is 9.99. The molecular formula is C25H23N3O4. The zero-order chi connectivity index (χ0) is 22.8. The van der Waals surface area contributed by atoms with Crippen LogP contribution in [0.4, 0.5) is 5.69 Å². The molecule has 0 amide bonds. The van der Waals surface area contributed by atoms with E-state index in [-0.39, 0.29) is 29.5 Å². The smallest absolute Gasteiger partial charge is 0.258 e. The summed E-state index contributed by atoms with van der Waals surface area (Å²) in [5, 5.41) is 30.5. The Morgan fingerprint density at radius 2 is 1.59 bits per heavy atom. The van der Waals surface area contributed by atoms with Gasteiger partial charge < -0.3 is 20.2 Å². The highest BCUT2D eigenvalue weighted by atomic mass is 16.3. The van der Waals surface area contributed by atoms with Gasteiger partial charge in [0.25, 0.3) is 5.56 Å². The number of H-pyrrole nitrogens is 1. The molecule has 32 heavy (non-hydrogen) atoms. The van der Waals surface area contributed by atoms with Crippen LogP contribution in [-0.4, -0.2) is 40.6 Å². The Bertz CT molecular complexity index is 1370. The summed E-state index contributed by atoms with van der Waals surface area (Å²) < 4.78 is 0. The first kappa shape index (κ1) is 21.0. The monoisotopic (exact) mass is 429 g/mol. The first-order valence-electron chi connectivity index (χ1n) is 10.0. The summed E-state index contributed by atoms with van der Waals surface area (Å²) in [6.45, 7) is 0.222. The molecule has 1 heterocycles. The Morgan fingerprint density at radius 1 is 0.875 bits per heavy atom. The van der Waals surface area contributed by atoms with Gasteiger partial charge in [-0.15, -0.1) is 0 Å². The van der Waals surface area contributed by atoms with Crippen LogP contribution < -0.4 is 10.5 Å². The summed E-state index contributed by atoms with van der Waals surface area (Å²) in [6.07, 6.45) is 1.50. The van der Waals surface area contributed by atoms with Gasteiger partial charge in [0.1, 0.15) is 0 Å². The lowest BCUT2D eigenvalue weighted by Crippen LogP contribution is -2.08. The lowest BCUT2D eigenvalue weighted by molar-refractivity contribution is 0.403. The molecule has 7 nitrogen and oxygen atoms in total. The summed E-state index contributed by atoms with van der Waals surface area (Å²) in [6, 6.07) is 18.0. The number of aromatic amines is 1. The van der Waals surface area contributed by atoms with Crippen LogP contribution in [0.25, 0.3) is 21.9 Å². The second-order valence-electron chi connectivity index (χ2n) is 7.71. The van der Waals surface area contributed by atoms with Gasteiger partial charge in [-0.3, -0.25) is 14.8 Å². The van der Waals surface area contributed by atoms with Crippen LogP contribution in [0.1, 0.15) is 11.1 Å². The van der Waals surface area contributed by atoms with Crippen LogP contribution in [0, 0.1) is 0 Å². The third kappa shape index (κ3) is 4.13. The molecule has 0 saturated carbocycles. The Morgan fingerprint density at radius 3 is 2.28 bits per heavy atom. The van der Waals surface area contributed by atoms with Crippen molar-refractivity contribution in [2.24, 2.45) is 4.99 Å². The number of phenols is 2. The topological polar surface area (TPSA) is 109 Å². The van der Waals surface area contributed by atoms with Gasteiger partial charge in [-0.2, -0.15) is 0 Å². The molecule has 4 N–H and O–H groups in total. The number of fused-ring (bicyclic) bond motifs is 1. The van der Waals surface area contributed by atoms with E-state index in [0.29, 0.717) is 21.9 Å². The molecule has 162 valence electrons. The number of hydrogen-bond acceptors (Lipinski definition) is 6. The Kier molecular flexibility index (Phi) is 5.55. The molecule has 3 aromatic carbocycles. The largest absolute Gasteiger partial charge is 0.504 e. The average Bonchev–Trinajstić information content (AvgIpc) is 2.78. The fraction of sp³-hybridized carbons (Fsp3) is 0.120. The van der Waals surface area contributed by atoms with Crippen molar-refractivity contribution < 1.29 is 15.3 Å². The van der Waals surface area contributed by atoms with Crippen LogP contribution in [0.5, 0.6) is 17.4 Å². The van der Waals surface area contributed by atoms with Crippen molar-refractivity contribution >= 4 is 22.7 Å². The quantitative estimate of drug-likeness (QED) is 0.283. The molecule has 0 fully saturated rings. The van der Waals surface area contributed by atoms with Crippen LogP contribution in [0.2, 0.25) is 0 Å². The first-order valence-corrected chi connectivity index (χ1v) is 10.0. The number of benzene rings is 3. The highest BCUT2D eigenvalue weighted by molar-refractivity contribution is 6.02. The van der Waals surface area contributed by atoms with Gasteiger partial charge in [0.15, 0.2) is 11.5 Å². The highest BCUT2D eigenvalue weighted by Crippen LogP contribution is 2.29. The number of aromatic nitrogens is 1. The molecule has 0 aliphatic heterocycles. The van der Waals surface area contributed by atoms with E-state index in [1.807, 2.05) is 55.4 Å². The van der Waals surface area contributed by atoms with E-state index in [0.717, 1.165) is 16.8 Å². The van der Waals surface area contributed by atoms with E-state index in [1.54, 1.807) is 12.1 Å². The second kappa shape index (κ2) is 8.47. The number of anilines is 1. The Hall–Kier alpha value is -4.26. The molecule has 0 aliphatic rings. The van der Waals surface area contributed by atoms with E-state index in [4.69, 9.17) is 0 Å². The van der Waals surface area contributed by atoms with Crippen LogP contribution in [0.15, 0.2) is 70.5 Å². The molecule has 4 rings (SSSR count). The van der Waals surface area contributed by atoms with Crippen molar-refractivity contribution in [2.45, 2.75) is 6.54 Å². The van der Waals surface area contributed by atoms with Gasteiger partial charge in [-0.05, 0) is 53.1 Å². The first-order chi connectivity index (χ1) is 15.3. The van der Waals surface area contributed by atoms with E-state index in [9.17, 15) is 20.1 Å². The predicted octanol–water partition coefficient (Wildman–Crippen LogP) is 4.00. The number of pyridine rings is 1. The molecule has 0 spiro atoms. The molecule has 0 saturated heterocycles. The summed E-state index contributed by atoms with van der Waals surface area (Å²) in [7, 11) is 3.95. The number of aliphatic imine (C=N–C) groups is 1. The van der Waals surface area contributed by atoms with Crippen molar-refractivity contribution in [3.05, 3.63) is 82.1 Å². The van der Waals surface area contributed by atoms with Crippen LogP contribution >= 0.6 is 0 Å². The third-order valence-electron chi connectivity index (χ3n) is 5.29. The number of nitrogens with one attached hydrogen (secondary N) is 1. The maximum atomic E-state index is 12.4. The van der Waals surface area contributed by atoms with Gasteiger partial charge in [-0.25, -0.2) is 0 Å². The molecule has 4 aromatic rings. The summed E-state index contributed by atoms with van der Waals surface area (Å²) in [5.74, 6) is -0.687. The summed E-state index contributed by atoms with van der Waals surface area (Å²) in [4.78, 5) is 21.2. The molecule has 0 unspecified atom stereocenters. The number of phenolic OH excluding ortho intramolecular Hbond substituents is 2. The fourth-order valence-electron chi connectivity index (χ4n) is 3.51. The van der Waals surface area contributed by atoms with Crippen molar-refractivity contribution in [1.29, 1.82) is 0 Å². The maximum Gasteiger partial charge on any atom is 0.258 e. The van der Waals surface area contributed by atoms with E-state index < -0.39 is 0 Å². The minimum absolute atomic E-state index is 0.201. The fourth-order valence-corrected chi connectivity index (χ4v) is 3.51. The van der Waals surface area contributed by atoms with Gasteiger partial charge in [0.2, 0.25) is 5.88 Å². The number of rotatable bonds is 5. The second-order valence-corrected chi connectivity index (χ2v) is 7.71. The SMILES string of the molecule is CN(C)c1ccc(-c2ccc3c(=O)[nH]c(O)c(C=NCc4ccc(O)c(O)c4)c3c2)cc1. The van der Waals surface area contributed by atoms with Crippen molar-refractivity contribution in [3.63, 3.8) is 0 Å². The van der Waals surface area contributed by atoms with Gasteiger partial charge in [-0.1, -0.05) is 24.3 Å². The highest BCUT2D eigenvalue weighted by Gasteiger charge is 2.11. The van der Waals surface area contributed by atoms with Crippen LogP contribution in [-0.2, 0) is 6.54 Å². The lowest BCUT2D eigenvalue weighted by Gasteiger charge is -2.13.